The van der Waals surface area contributed by atoms with Gasteiger partial charge in [-0.2, -0.15) is 0 Å². The average molecular weight is 314 g/mol. The third-order valence-corrected chi connectivity index (χ3v) is 4.61. The molecular formula is C18H22N2O3. The molecule has 1 N–H and O–H groups in total. The summed E-state index contributed by atoms with van der Waals surface area (Å²) in [5.74, 6) is 1.18. The van der Waals surface area contributed by atoms with Crippen molar-refractivity contribution in [1.29, 1.82) is 0 Å². The number of aromatic amines is 1. The highest BCUT2D eigenvalue weighted by atomic mass is 16.5. The molecule has 0 aliphatic heterocycles. The fraction of sp³-hybridized carbons (Fsp3) is 0.500. The Hall–Kier alpha value is -2.17. The van der Waals surface area contributed by atoms with Gasteiger partial charge in [0, 0.05) is 6.42 Å². The van der Waals surface area contributed by atoms with Crippen LogP contribution in [0.3, 0.4) is 0 Å². The quantitative estimate of drug-likeness (QED) is 0.881. The van der Waals surface area contributed by atoms with E-state index in [0.29, 0.717) is 17.9 Å². The molecule has 122 valence electrons. The van der Waals surface area contributed by atoms with Gasteiger partial charge in [0.15, 0.2) is 0 Å². The van der Waals surface area contributed by atoms with Gasteiger partial charge in [0.25, 0.3) is 5.56 Å². The molecule has 5 nitrogen and oxygen atoms in total. The Kier molecular flexibility index (Phi) is 4.74. The highest BCUT2D eigenvalue weighted by molar-refractivity contribution is 5.77. The van der Waals surface area contributed by atoms with Gasteiger partial charge in [-0.15, -0.1) is 0 Å². The molecule has 0 atom stereocenters. The molecule has 0 bridgehead atoms. The molecule has 2 aromatic rings. The Morgan fingerprint density at radius 3 is 2.74 bits per heavy atom. The minimum absolute atomic E-state index is 0.0369. The molecule has 1 aliphatic rings. The third-order valence-electron chi connectivity index (χ3n) is 4.61. The monoisotopic (exact) mass is 314 g/mol. The fourth-order valence-corrected chi connectivity index (χ4v) is 3.37. The summed E-state index contributed by atoms with van der Waals surface area (Å²) in [6, 6.07) is 7.39. The van der Waals surface area contributed by atoms with Crippen LogP contribution < -0.4 is 5.56 Å². The number of nitrogens with zero attached hydrogens (tertiary/aromatic N) is 1. The number of carbonyl (C=O) groups excluding carboxylic acids is 1. The van der Waals surface area contributed by atoms with E-state index >= 15 is 0 Å². The van der Waals surface area contributed by atoms with Crippen molar-refractivity contribution in [3.8, 4) is 0 Å². The number of benzene rings is 1. The van der Waals surface area contributed by atoms with Crippen LogP contribution in [-0.2, 0) is 16.0 Å². The van der Waals surface area contributed by atoms with Gasteiger partial charge in [-0.05, 0) is 50.7 Å². The maximum Gasteiger partial charge on any atom is 0.308 e. The number of rotatable bonds is 4. The maximum absolute atomic E-state index is 12.1. The number of carbonyl (C=O) groups is 1. The second kappa shape index (κ2) is 6.94. The van der Waals surface area contributed by atoms with Crippen LogP contribution >= 0.6 is 0 Å². The van der Waals surface area contributed by atoms with Gasteiger partial charge in [-0.25, -0.2) is 4.98 Å². The summed E-state index contributed by atoms with van der Waals surface area (Å²) in [5, 5.41) is 0.627. The number of esters is 1. The normalized spacial score (nSPS) is 21.3. The Balaban J connectivity index is 1.65. The number of hydrogen-bond acceptors (Lipinski definition) is 4. The van der Waals surface area contributed by atoms with Crippen molar-refractivity contribution in [1.82, 2.24) is 9.97 Å². The lowest BCUT2D eigenvalue weighted by Crippen LogP contribution is -2.25. The van der Waals surface area contributed by atoms with E-state index in [9.17, 15) is 9.59 Å². The standard InChI is InChI=1S/C18H22N2O3/c1-2-23-18(22)13-9-7-12(8-10-13)11-16-19-15-6-4-3-5-14(15)17(21)20-16/h3-6,12-13H,2,7-11H2,1H3,(H,19,20,21). The molecule has 1 aromatic carbocycles. The van der Waals surface area contributed by atoms with E-state index in [1.54, 1.807) is 6.07 Å². The summed E-state index contributed by atoms with van der Waals surface area (Å²) in [4.78, 5) is 31.3. The van der Waals surface area contributed by atoms with Gasteiger partial charge in [0.2, 0.25) is 0 Å². The number of nitrogens with one attached hydrogen (secondary N) is 1. The largest absolute Gasteiger partial charge is 0.466 e. The van der Waals surface area contributed by atoms with E-state index in [-0.39, 0.29) is 17.4 Å². The lowest BCUT2D eigenvalue weighted by molar-refractivity contribution is -0.149. The van der Waals surface area contributed by atoms with Crippen LogP contribution in [0, 0.1) is 11.8 Å². The van der Waals surface area contributed by atoms with E-state index in [0.717, 1.165) is 43.4 Å². The second-order valence-corrected chi connectivity index (χ2v) is 6.20. The van der Waals surface area contributed by atoms with E-state index < -0.39 is 0 Å². The molecule has 1 aromatic heterocycles. The van der Waals surface area contributed by atoms with Gasteiger partial charge in [-0.1, -0.05) is 12.1 Å². The number of para-hydroxylation sites is 1. The lowest BCUT2D eigenvalue weighted by atomic mass is 9.80. The molecule has 0 amide bonds. The van der Waals surface area contributed by atoms with Gasteiger partial charge >= 0.3 is 5.97 Å². The Morgan fingerprint density at radius 2 is 2.00 bits per heavy atom. The summed E-state index contributed by atoms with van der Waals surface area (Å²) in [7, 11) is 0. The molecule has 1 fully saturated rings. The van der Waals surface area contributed by atoms with Gasteiger partial charge in [0.05, 0.1) is 23.4 Å². The average Bonchev–Trinajstić information content (AvgIpc) is 2.56. The minimum atomic E-state index is -0.0780. The molecule has 0 saturated heterocycles. The van der Waals surface area contributed by atoms with E-state index in [4.69, 9.17) is 4.74 Å². The van der Waals surface area contributed by atoms with E-state index in [2.05, 4.69) is 9.97 Å². The molecule has 23 heavy (non-hydrogen) atoms. The Morgan fingerprint density at radius 1 is 1.26 bits per heavy atom. The summed E-state index contributed by atoms with van der Waals surface area (Å²) in [6.45, 7) is 2.28. The predicted octanol–water partition coefficient (Wildman–Crippen LogP) is 2.84. The molecule has 1 saturated carbocycles. The highest BCUT2D eigenvalue weighted by Crippen LogP contribution is 2.31. The zero-order valence-corrected chi connectivity index (χ0v) is 13.4. The molecule has 0 spiro atoms. The van der Waals surface area contributed by atoms with Crippen LogP contribution in [0.4, 0.5) is 0 Å². The second-order valence-electron chi connectivity index (χ2n) is 6.20. The molecule has 1 heterocycles. The zero-order valence-electron chi connectivity index (χ0n) is 13.4. The van der Waals surface area contributed by atoms with Gasteiger partial charge in [-0.3, -0.25) is 9.59 Å². The lowest BCUT2D eigenvalue weighted by Gasteiger charge is -2.26. The Labute approximate surface area is 135 Å². The zero-order chi connectivity index (χ0) is 16.2. The molecule has 0 unspecified atom stereocenters. The topological polar surface area (TPSA) is 72.0 Å². The number of ether oxygens (including phenoxy) is 1. The molecule has 3 rings (SSSR count). The first-order chi connectivity index (χ1) is 11.2. The maximum atomic E-state index is 12.1. The summed E-state index contributed by atoms with van der Waals surface area (Å²) < 4.78 is 5.10. The highest BCUT2D eigenvalue weighted by Gasteiger charge is 2.27. The molecule has 1 aliphatic carbocycles. The SMILES string of the molecule is CCOC(=O)C1CCC(Cc2nc3ccccc3c(=O)[nH]2)CC1. The van der Waals surface area contributed by atoms with Crippen molar-refractivity contribution >= 4 is 16.9 Å². The number of aromatic nitrogens is 2. The first kappa shape index (κ1) is 15.7. The third kappa shape index (κ3) is 3.60. The van der Waals surface area contributed by atoms with Crippen molar-refractivity contribution in [3.63, 3.8) is 0 Å². The van der Waals surface area contributed by atoms with Crippen molar-refractivity contribution in [2.45, 2.75) is 39.0 Å². The van der Waals surface area contributed by atoms with Gasteiger partial charge < -0.3 is 9.72 Å². The van der Waals surface area contributed by atoms with E-state index in [1.807, 2.05) is 25.1 Å². The van der Waals surface area contributed by atoms with Crippen LogP contribution in [0.25, 0.3) is 10.9 Å². The van der Waals surface area contributed by atoms with Gasteiger partial charge in [0.1, 0.15) is 5.82 Å². The van der Waals surface area contributed by atoms with Crippen LogP contribution in [0.1, 0.15) is 38.4 Å². The fourth-order valence-electron chi connectivity index (χ4n) is 3.37. The molecule has 0 radical (unpaired) electrons. The summed E-state index contributed by atoms with van der Waals surface area (Å²) in [6.07, 6.45) is 4.43. The first-order valence-electron chi connectivity index (χ1n) is 8.32. The van der Waals surface area contributed by atoms with Crippen LogP contribution in [-0.4, -0.2) is 22.5 Å². The van der Waals surface area contributed by atoms with Crippen molar-refractivity contribution in [3.05, 3.63) is 40.4 Å². The van der Waals surface area contributed by atoms with Crippen LogP contribution in [0.5, 0.6) is 0 Å². The summed E-state index contributed by atoms with van der Waals surface area (Å²) in [5.41, 5.74) is 0.664. The Bertz CT molecular complexity index is 745. The van der Waals surface area contributed by atoms with Crippen LogP contribution in [0.15, 0.2) is 29.1 Å². The first-order valence-corrected chi connectivity index (χ1v) is 8.32. The minimum Gasteiger partial charge on any atom is -0.466 e. The van der Waals surface area contributed by atoms with E-state index in [1.165, 1.54) is 0 Å². The van der Waals surface area contributed by atoms with Crippen LogP contribution in [0.2, 0.25) is 0 Å². The predicted molar refractivity (Wildman–Crippen MR) is 88.1 cm³/mol. The smallest absolute Gasteiger partial charge is 0.308 e. The molecular weight excluding hydrogens is 292 g/mol. The number of hydrogen-bond donors (Lipinski definition) is 1. The van der Waals surface area contributed by atoms with Crippen molar-refractivity contribution in [2.24, 2.45) is 11.8 Å². The van der Waals surface area contributed by atoms with Crippen molar-refractivity contribution < 1.29 is 9.53 Å². The summed E-state index contributed by atoms with van der Waals surface area (Å²) >= 11 is 0. The number of H-pyrrole nitrogens is 1. The molecule has 5 heteroatoms. The van der Waals surface area contributed by atoms with Crippen molar-refractivity contribution in [2.75, 3.05) is 6.61 Å². The number of fused-ring (bicyclic) bond motifs is 1.